The van der Waals surface area contributed by atoms with Crippen molar-refractivity contribution in [1.29, 1.82) is 0 Å². The Bertz CT molecular complexity index is 382. The lowest BCUT2D eigenvalue weighted by Crippen LogP contribution is -2.23. The normalized spacial score (nSPS) is 14.8. The largest absolute Gasteiger partial charge is 0.416 e. The fourth-order valence-electron chi connectivity index (χ4n) is 1.26. The van der Waals surface area contributed by atoms with Crippen LogP contribution in [0.4, 0.5) is 13.2 Å². The van der Waals surface area contributed by atoms with Crippen molar-refractivity contribution in [3.8, 4) is 0 Å². The molecule has 1 heterocycles. The molecule has 0 saturated carbocycles. The molecule has 0 N–H and O–H groups in total. The van der Waals surface area contributed by atoms with Crippen LogP contribution in [-0.4, -0.2) is 9.81 Å². The van der Waals surface area contributed by atoms with Crippen molar-refractivity contribution in [1.82, 2.24) is 4.98 Å². The molecule has 1 nitrogen and oxygen atoms in total. The predicted molar refractivity (Wildman–Crippen MR) is 65.1 cm³/mol. The second-order valence-corrected chi connectivity index (χ2v) is 6.18. The second kappa shape index (κ2) is 4.96. The molecule has 0 radical (unpaired) electrons. The summed E-state index contributed by atoms with van der Waals surface area (Å²) in [4.78, 5) is 4.07. The molecule has 5 heteroatoms. The summed E-state index contributed by atoms with van der Waals surface area (Å²) in [5.41, 5.74) is -0.205. The van der Waals surface area contributed by atoms with Crippen LogP contribution in [0.1, 0.15) is 32.0 Å². The van der Waals surface area contributed by atoms with Crippen LogP contribution in [0.5, 0.6) is 0 Å². The van der Waals surface area contributed by atoms with Crippen molar-refractivity contribution in [2.45, 2.75) is 38.2 Å². The minimum absolute atomic E-state index is 0.0179. The van der Waals surface area contributed by atoms with Crippen LogP contribution in [0, 0.1) is 5.41 Å². The van der Waals surface area contributed by atoms with Crippen LogP contribution in [0.15, 0.2) is 18.3 Å². The van der Waals surface area contributed by atoms with Gasteiger partial charge in [-0.25, -0.2) is 0 Å². The van der Waals surface area contributed by atoms with E-state index in [1.54, 1.807) is 0 Å². The molecule has 0 aromatic carbocycles. The summed E-state index contributed by atoms with van der Waals surface area (Å²) in [6, 6.07) is 2.10. The van der Waals surface area contributed by atoms with Gasteiger partial charge in [-0.05, 0) is 17.5 Å². The van der Waals surface area contributed by atoms with Crippen LogP contribution in [0.3, 0.4) is 0 Å². The Balaban J connectivity index is 2.87. The molecule has 0 saturated heterocycles. The number of rotatable bonds is 2. The fraction of sp³-hybridized carbons (Fsp3) is 0.583. The zero-order chi connectivity index (χ0) is 13.3. The van der Waals surface area contributed by atoms with Crippen molar-refractivity contribution in [3.63, 3.8) is 0 Å². The Morgan fingerprint density at radius 1 is 1.29 bits per heavy atom. The summed E-state index contributed by atoms with van der Waals surface area (Å²) in [6.45, 7) is 6.08. The quantitative estimate of drug-likeness (QED) is 0.735. The van der Waals surface area contributed by atoms with Crippen molar-refractivity contribution in [3.05, 3.63) is 29.6 Å². The Kier molecular flexibility index (Phi) is 4.23. The van der Waals surface area contributed by atoms with Gasteiger partial charge in [-0.15, -0.1) is 0 Å². The molecular weight excluding hydrogens is 295 g/mol. The van der Waals surface area contributed by atoms with Gasteiger partial charge in [0.2, 0.25) is 0 Å². The number of pyridine rings is 1. The van der Waals surface area contributed by atoms with Crippen LogP contribution in [-0.2, 0) is 12.6 Å². The third kappa shape index (κ3) is 4.30. The molecule has 1 unspecified atom stereocenters. The lowest BCUT2D eigenvalue weighted by molar-refractivity contribution is -0.137. The topological polar surface area (TPSA) is 12.9 Å². The van der Waals surface area contributed by atoms with E-state index in [1.807, 2.05) is 20.8 Å². The number of hydrogen-bond acceptors (Lipinski definition) is 1. The molecule has 0 bridgehead atoms. The molecule has 0 fully saturated rings. The van der Waals surface area contributed by atoms with Gasteiger partial charge in [-0.2, -0.15) is 13.2 Å². The van der Waals surface area contributed by atoms with E-state index >= 15 is 0 Å². The van der Waals surface area contributed by atoms with E-state index in [-0.39, 0.29) is 10.2 Å². The molecular formula is C12H15BrF3N. The van der Waals surface area contributed by atoms with Gasteiger partial charge in [0.25, 0.3) is 0 Å². The monoisotopic (exact) mass is 309 g/mol. The molecule has 1 atom stereocenters. The van der Waals surface area contributed by atoms with Gasteiger partial charge < -0.3 is 0 Å². The van der Waals surface area contributed by atoms with E-state index in [9.17, 15) is 13.2 Å². The molecule has 1 aromatic rings. The van der Waals surface area contributed by atoms with E-state index in [0.29, 0.717) is 12.1 Å². The number of aromatic nitrogens is 1. The molecule has 17 heavy (non-hydrogen) atoms. The summed E-state index contributed by atoms with van der Waals surface area (Å²) >= 11 is 3.49. The minimum Gasteiger partial charge on any atom is -0.261 e. The highest BCUT2D eigenvalue weighted by Crippen LogP contribution is 2.31. The highest BCUT2D eigenvalue weighted by molar-refractivity contribution is 9.09. The van der Waals surface area contributed by atoms with Crippen molar-refractivity contribution < 1.29 is 13.2 Å². The van der Waals surface area contributed by atoms with Crippen LogP contribution in [0.25, 0.3) is 0 Å². The van der Waals surface area contributed by atoms with Gasteiger partial charge in [0.15, 0.2) is 0 Å². The maximum absolute atomic E-state index is 12.5. The van der Waals surface area contributed by atoms with Gasteiger partial charge >= 0.3 is 6.18 Å². The first kappa shape index (κ1) is 14.5. The van der Waals surface area contributed by atoms with Crippen molar-refractivity contribution in [2.75, 3.05) is 0 Å². The average molecular weight is 310 g/mol. The van der Waals surface area contributed by atoms with Gasteiger partial charge in [0.05, 0.1) is 5.56 Å². The third-order valence-electron chi connectivity index (χ3n) is 2.47. The molecule has 0 aliphatic carbocycles. The Hall–Kier alpha value is -0.580. The Morgan fingerprint density at radius 3 is 2.35 bits per heavy atom. The molecule has 0 aliphatic rings. The summed E-state index contributed by atoms with van der Waals surface area (Å²) in [5, 5.41) is 0. The summed E-state index contributed by atoms with van der Waals surface area (Å²) < 4.78 is 37.5. The first-order chi connectivity index (χ1) is 7.60. The standard InChI is InChI=1S/C12H15BrF3N/c1-11(2,3)10(13)7-9-6-8(4-5-17-9)12(14,15)16/h4-6,10H,7H2,1-3H3. The molecule has 96 valence electrons. The lowest BCUT2D eigenvalue weighted by Gasteiger charge is -2.25. The van der Waals surface area contributed by atoms with Crippen molar-refractivity contribution >= 4 is 15.9 Å². The first-order valence-electron chi connectivity index (χ1n) is 5.27. The molecule has 0 amide bonds. The third-order valence-corrected chi connectivity index (χ3v) is 4.17. The molecule has 1 rings (SSSR count). The smallest absolute Gasteiger partial charge is 0.261 e. The highest BCUT2D eigenvalue weighted by Gasteiger charge is 2.31. The van der Waals surface area contributed by atoms with Crippen LogP contribution >= 0.6 is 15.9 Å². The average Bonchev–Trinajstić information content (AvgIpc) is 2.15. The highest BCUT2D eigenvalue weighted by atomic mass is 79.9. The van der Waals surface area contributed by atoms with Gasteiger partial charge in [-0.3, -0.25) is 4.98 Å². The summed E-state index contributed by atoms with van der Waals surface area (Å²) in [6.07, 6.45) is -2.62. The van der Waals surface area contributed by atoms with Gasteiger partial charge in [-0.1, -0.05) is 36.7 Å². The van der Waals surface area contributed by atoms with Gasteiger partial charge in [0, 0.05) is 23.1 Å². The lowest BCUT2D eigenvalue weighted by atomic mass is 9.89. The van der Waals surface area contributed by atoms with Crippen LogP contribution in [0.2, 0.25) is 0 Å². The predicted octanol–water partition coefficient (Wildman–Crippen LogP) is 4.45. The molecule has 1 aromatic heterocycles. The maximum atomic E-state index is 12.5. The molecule has 0 aliphatic heterocycles. The van der Waals surface area contributed by atoms with E-state index in [1.165, 1.54) is 6.20 Å². The summed E-state index contributed by atoms with van der Waals surface area (Å²) in [7, 11) is 0. The minimum atomic E-state index is -4.30. The first-order valence-corrected chi connectivity index (χ1v) is 6.18. The van der Waals surface area contributed by atoms with E-state index in [4.69, 9.17) is 0 Å². The molecule has 0 spiro atoms. The van der Waals surface area contributed by atoms with Crippen LogP contribution < -0.4 is 0 Å². The van der Waals surface area contributed by atoms with Crippen molar-refractivity contribution in [2.24, 2.45) is 5.41 Å². The number of hydrogen-bond donors (Lipinski definition) is 0. The van der Waals surface area contributed by atoms with E-state index in [2.05, 4.69) is 20.9 Å². The van der Waals surface area contributed by atoms with E-state index < -0.39 is 11.7 Å². The number of alkyl halides is 4. The Labute approximate surface area is 108 Å². The maximum Gasteiger partial charge on any atom is 0.416 e. The zero-order valence-corrected chi connectivity index (χ0v) is 11.6. The Morgan fingerprint density at radius 2 is 1.88 bits per heavy atom. The summed E-state index contributed by atoms with van der Waals surface area (Å²) in [5.74, 6) is 0. The number of nitrogens with zero attached hydrogens (tertiary/aromatic N) is 1. The SMILES string of the molecule is CC(C)(C)C(Br)Cc1cc(C(F)(F)F)ccn1. The fourth-order valence-corrected chi connectivity index (χ4v) is 1.59. The second-order valence-electron chi connectivity index (χ2n) is 5.07. The van der Waals surface area contributed by atoms with Gasteiger partial charge in [0.1, 0.15) is 0 Å². The zero-order valence-electron chi connectivity index (χ0n) is 9.98. The van der Waals surface area contributed by atoms with E-state index in [0.717, 1.165) is 12.1 Å². The number of halogens is 4.